The predicted molar refractivity (Wildman–Crippen MR) is 122 cm³/mol. The Balaban J connectivity index is 1.10. The third-order valence-electron chi connectivity index (χ3n) is 6.41. The molecule has 3 aromatic rings. The zero-order valence-electron chi connectivity index (χ0n) is 18.8. The molecule has 5 rings (SSSR count). The quantitative estimate of drug-likeness (QED) is 0.471. The molecule has 10 heteroatoms. The highest BCUT2D eigenvalue weighted by atomic mass is 16.5. The van der Waals surface area contributed by atoms with Gasteiger partial charge in [-0.1, -0.05) is 29.4 Å². The molecule has 0 radical (unpaired) electrons. The monoisotopic (exact) mass is 464 g/mol. The minimum absolute atomic E-state index is 0.0849. The molecule has 3 N–H and O–H groups in total. The van der Waals surface area contributed by atoms with Gasteiger partial charge in [0, 0.05) is 57.4 Å². The van der Waals surface area contributed by atoms with Crippen LogP contribution in [0.4, 0.5) is 0 Å². The Morgan fingerprint density at radius 3 is 2.82 bits per heavy atom. The minimum Gasteiger partial charge on any atom is -0.390 e. The number of imidazole rings is 1. The Bertz CT molecular complexity index is 1160. The van der Waals surface area contributed by atoms with Crippen molar-refractivity contribution in [2.45, 2.75) is 44.5 Å². The van der Waals surface area contributed by atoms with Crippen molar-refractivity contribution in [3.63, 3.8) is 0 Å². The molecule has 10 nitrogen and oxygen atoms in total. The lowest BCUT2D eigenvalue weighted by atomic mass is 10.00. The SMILES string of the molecule is O=C(NCC(O)CN1CCc2ccccc2C1)c1cn2c(n1)CCC(NC(=O)c1ccon1)C2. The number of rotatable bonds is 7. The van der Waals surface area contributed by atoms with Gasteiger partial charge < -0.3 is 24.8 Å². The molecule has 178 valence electrons. The molecular formula is C24H28N6O4. The third kappa shape index (κ3) is 5.02. The van der Waals surface area contributed by atoms with E-state index in [0.717, 1.165) is 31.8 Å². The lowest BCUT2D eigenvalue weighted by Gasteiger charge is -2.30. The molecule has 0 spiro atoms. The van der Waals surface area contributed by atoms with Gasteiger partial charge in [0.1, 0.15) is 17.8 Å². The summed E-state index contributed by atoms with van der Waals surface area (Å²) < 4.78 is 6.61. The largest absolute Gasteiger partial charge is 0.390 e. The molecule has 2 unspecified atom stereocenters. The lowest BCUT2D eigenvalue weighted by Crippen LogP contribution is -2.42. The molecule has 4 heterocycles. The van der Waals surface area contributed by atoms with E-state index in [1.165, 1.54) is 23.5 Å². The highest BCUT2D eigenvalue weighted by Crippen LogP contribution is 2.19. The summed E-state index contributed by atoms with van der Waals surface area (Å²) in [6.07, 6.45) is 4.73. The minimum atomic E-state index is -0.664. The standard InChI is InChI=1S/C24H28N6O4/c31-19(14-29-9-7-16-3-1-2-4-17(16)12-29)11-25-23(32)21-15-30-13-18(5-6-22(30)27-21)26-24(33)20-8-10-34-28-20/h1-4,8,10,15,18-19,31H,5-7,9,11-14H2,(H,25,32)(H,26,33). The zero-order chi connectivity index (χ0) is 23.5. The van der Waals surface area contributed by atoms with E-state index in [4.69, 9.17) is 4.52 Å². The zero-order valence-corrected chi connectivity index (χ0v) is 18.8. The summed E-state index contributed by atoms with van der Waals surface area (Å²) in [5, 5.41) is 19.9. The topological polar surface area (TPSA) is 126 Å². The van der Waals surface area contributed by atoms with E-state index in [-0.39, 0.29) is 30.1 Å². The third-order valence-corrected chi connectivity index (χ3v) is 6.41. The van der Waals surface area contributed by atoms with Crippen molar-refractivity contribution in [1.82, 2.24) is 30.2 Å². The van der Waals surface area contributed by atoms with Crippen LogP contribution in [0.15, 0.2) is 47.3 Å². The van der Waals surface area contributed by atoms with Crippen molar-refractivity contribution in [2.75, 3.05) is 19.6 Å². The second-order valence-electron chi connectivity index (χ2n) is 8.91. The van der Waals surface area contributed by atoms with Gasteiger partial charge in [-0.2, -0.15) is 0 Å². The van der Waals surface area contributed by atoms with Crippen LogP contribution in [0.3, 0.4) is 0 Å². The predicted octanol–water partition coefficient (Wildman–Crippen LogP) is 0.765. The summed E-state index contributed by atoms with van der Waals surface area (Å²) in [6, 6.07) is 9.80. The highest BCUT2D eigenvalue weighted by Gasteiger charge is 2.25. The molecule has 0 saturated carbocycles. The summed E-state index contributed by atoms with van der Waals surface area (Å²) in [7, 11) is 0. The molecule has 2 aromatic heterocycles. The molecule has 0 fully saturated rings. The number of nitrogens with one attached hydrogen (secondary N) is 2. The average Bonchev–Trinajstić information content (AvgIpc) is 3.52. The van der Waals surface area contributed by atoms with Crippen LogP contribution in [0.5, 0.6) is 0 Å². The fraction of sp³-hybridized carbons (Fsp3) is 0.417. The van der Waals surface area contributed by atoms with E-state index >= 15 is 0 Å². The number of nitrogens with zero attached hydrogens (tertiary/aromatic N) is 4. The van der Waals surface area contributed by atoms with Gasteiger partial charge in [0.2, 0.25) is 0 Å². The van der Waals surface area contributed by atoms with E-state index in [2.05, 4.69) is 43.9 Å². The Morgan fingerprint density at radius 2 is 2.00 bits per heavy atom. The second kappa shape index (κ2) is 9.78. The Kier molecular flexibility index (Phi) is 6.41. The first-order valence-electron chi connectivity index (χ1n) is 11.6. The number of hydrogen-bond acceptors (Lipinski definition) is 7. The molecule has 2 atom stereocenters. The molecule has 2 aliphatic rings. The van der Waals surface area contributed by atoms with Gasteiger partial charge in [-0.3, -0.25) is 14.5 Å². The van der Waals surface area contributed by atoms with Gasteiger partial charge in [-0.15, -0.1) is 0 Å². The van der Waals surface area contributed by atoms with Crippen molar-refractivity contribution in [1.29, 1.82) is 0 Å². The normalized spacial score (nSPS) is 18.6. The van der Waals surface area contributed by atoms with Crippen LogP contribution in [0, 0.1) is 0 Å². The number of aliphatic hydroxyl groups is 1. The average molecular weight is 465 g/mol. The first-order chi connectivity index (χ1) is 16.5. The van der Waals surface area contributed by atoms with Crippen molar-refractivity contribution in [2.24, 2.45) is 0 Å². The highest BCUT2D eigenvalue weighted by molar-refractivity contribution is 5.92. The molecule has 1 aromatic carbocycles. The smallest absolute Gasteiger partial charge is 0.273 e. The number of amides is 2. The van der Waals surface area contributed by atoms with E-state index in [9.17, 15) is 14.7 Å². The van der Waals surface area contributed by atoms with Gasteiger partial charge in [-0.25, -0.2) is 4.98 Å². The summed E-state index contributed by atoms with van der Waals surface area (Å²) in [5.74, 6) is 0.212. The van der Waals surface area contributed by atoms with Crippen molar-refractivity contribution in [3.8, 4) is 0 Å². The molecular weight excluding hydrogens is 436 g/mol. The number of benzene rings is 1. The van der Waals surface area contributed by atoms with E-state index in [0.29, 0.717) is 25.2 Å². The maximum absolute atomic E-state index is 12.6. The first kappa shape index (κ1) is 22.3. The van der Waals surface area contributed by atoms with Crippen LogP contribution in [0.25, 0.3) is 0 Å². The van der Waals surface area contributed by atoms with Crippen LogP contribution in [-0.2, 0) is 25.9 Å². The molecule has 0 saturated heterocycles. The summed E-state index contributed by atoms with van der Waals surface area (Å²) in [6.45, 7) is 2.89. The van der Waals surface area contributed by atoms with Crippen LogP contribution >= 0.6 is 0 Å². The van der Waals surface area contributed by atoms with Gasteiger partial charge in [0.05, 0.1) is 6.10 Å². The molecule has 0 aliphatic carbocycles. The molecule has 2 aliphatic heterocycles. The van der Waals surface area contributed by atoms with E-state index < -0.39 is 6.10 Å². The number of β-amino-alcohol motifs (C(OH)–C–C–N with tert-alkyl or cyclic N) is 1. The number of aromatic nitrogens is 3. The van der Waals surface area contributed by atoms with Gasteiger partial charge in [0.25, 0.3) is 11.8 Å². The summed E-state index contributed by atoms with van der Waals surface area (Å²) in [5.41, 5.74) is 3.22. The summed E-state index contributed by atoms with van der Waals surface area (Å²) >= 11 is 0. The lowest BCUT2D eigenvalue weighted by molar-refractivity contribution is 0.0838. The van der Waals surface area contributed by atoms with Crippen LogP contribution < -0.4 is 10.6 Å². The maximum atomic E-state index is 12.6. The molecule has 34 heavy (non-hydrogen) atoms. The van der Waals surface area contributed by atoms with Crippen LogP contribution in [0.1, 0.15) is 44.3 Å². The number of aryl methyl sites for hydroxylation is 1. The van der Waals surface area contributed by atoms with Gasteiger partial charge in [-0.05, 0) is 24.0 Å². The van der Waals surface area contributed by atoms with Gasteiger partial charge >= 0.3 is 0 Å². The fourth-order valence-electron chi connectivity index (χ4n) is 4.63. The van der Waals surface area contributed by atoms with E-state index in [1.807, 2.05) is 10.6 Å². The number of fused-ring (bicyclic) bond motifs is 2. The Hall–Kier alpha value is -3.50. The van der Waals surface area contributed by atoms with Crippen molar-refractivity contribution >= 4 is 11.8 Å². The first-order valence-corrected chi connectivity index (χ1v) is 11.6. The summed E-state index contributed by atoms with van der Waals surface area (Å²) in [4.78, 5) is 31.5. The second-order valence-corrected chi connectivity index (χ2v) is 8.91. The Labute approximate surface area is 196 Å². The number of carbonyl (C=O) groups is 2. The number of aliphatic hydroxyl groups excluding tert-OH is 1. The van der Waals surface area contributed by atoms with Crippen molar-refractivity contribution < 1.29 is 19.2 Å². The number of hydrogen-bond donors (Lipinski definition) is 3. The van der Waals surface area contributed by atoms with Gasteiger partial charge in [0.15, 0.2) is 5.69 Å². The van der Waals surface area contributed by atoms with Crippen LogP contribution in [-0.4, -0.2) is 68.3 Å². The van der Waals surface area contributed by atoms with Crippen LogP contribution in [0.2, 0.25) is 0 Å². The molecule has 0 bridgehead atoms. The maximum Gasteiger partial charge on any atom is 0.273 e. The number of carbonyl (C=O) groups excluding carboxylic acids is 2. The Morgan fingerprint density at radius 1 is 1.15 bits per heavy atom. The fourth-order valence-corrected chi connectivity index (χ4v) is 4.63. The van der Waals surface area contributed by atoms with E-state index in [1.54, 1.807) is 6.20 Å². The molecule has 2 amide bonds. The van der Waals surface area contributed by atoms with Crippen molar-refractivity contribution in [3.05, 3.63) is 71.1 Å².